The minimum absolute atomic E-state index is 0.308. The van der Waals surface area contributed by atoms with Crippen LogP contribution in [0.3, 0.4) is 0 Å². The number of anilines is 1. The Morgan fingerprint density at radius 3 is 2.74 bits per heavy atom. The molecule has 3 aliphatic rings. The van der Waals surface area contributed by atoms with E-state index in [9.17, 15) is 4.79 Å². The highest BCUT2D eigenvalue weighted by Gasteiger charge is 2.35. The number of benzene rings is 2. The van der Waals surface area contributed by atoms with Crippen molar-refractivity contribution in [2.75, 3.05) is 18.4 Å². The largest absolute Gasteiger partial charge is 0.387 e. The molecule has 5 nitrogen and oxygen atoms in total. The first kappa shape index (κ1) is 19.7. The zero-order valence-electron chi connectivity index (χ0n) is 17.7. The molecule has 0 radical (unpaired) electrons. The minimum Gasteiger partial charge on any atom is -0.387 e. The predicted octanol–water partition coefficient (Wildman–Crippen LogP) is 4.31. The lowest BCUT2D eigenvalue weighted by molar-refractivity contribution is -0.133. The molecule has 158 valence electrons. The van der Waals surface area contributed by atoms with Crippen LogP contribution in [-0.2, 0) is 17.8 Å². The first-order chi connectivity index (χ1) is 15.2. The van der Waals surface area contributed by atoms with Crippen LogP contribution < -0.4 is 10.6 Å². The van der Waals surface area contributed by atoms with Crippen molar-refractivity contribution < 1.29 is 4.79 Å². The SMILES string of the molecule is N#CCc1cccc(-c2cc3c(c(NC4CCN(C(=O)C5CC5)CC4)c2)CNC=C3)c1. The van der Waals surface area contributed by atoms with Crippen LogP contribution >= 0.6 is 0 Å². The summed E-state index contributed by atoms with van der Waals surface area (Å²) in [4.78, 5) is 14.4. The summed E-state index contributed by atoms with van der Waals surface area (Å²) in [6, 6.07) is 15.3. The molecule has 1 saturated carbocycles. The van der Waals surface area contributed by atoms with Crippen LogP contribution in [0.2, 0.25) is 0 Å². The van der Waals surface area contributed by atoms with Gasteiger partial charge in [0, 0.05) is 42.8 Å². The summed E-state index contributed by atoms with van der Waals surface area (Å²) in [5.41, 5.74) is 7.02. The molecule has 2 aromatic carbocycles. The van der Waals surface area contributed by atoms with Crippen LogP contribution in [0.25, 0.3) is 17.2 Å². The Morgan fingerprint density at radius 2 is 1.97 bits per heavy atom. The van der Waals surface area contributed by atoms with Crippen molar-refractivity contribution in [2.24, 2.45) is 5.92 Å². The summed E-state index contributed by atoms with van der Waals surface area (Å²) >= 11 is 0. The molecule has 0 aromatic heterocycles. The number of hydrogen-bond donors (Lipinski definition) is 2. The van der Waals surface area contributed by atoms with Gasteiger partial charge in [-0.2, -0.15) is 5.26 Å². The number of rotatable bonds is 5. The minimum atomic E-state index is 0.308. The first-order valence-corrected chi connectivity index (χ1v) is 11.3. The second-order valence-corrected chi connectivity index (χ2v) is 8.86. The van der Waals surface area contributed by atoms with E-state index < -0.39 is 0 Å². The number of hydrogen-bond acceptors (Lipinski definition) is 4. The fourth-order valence-corrected chi connectivity index (χ4v) is 4.65. The molecule has 2 aliphatic heterocycles. The fraction of sp³-hybridized carbons (Fsp3) is 0.385. The average Bonchev–Trinajstić information content (AvgIpc) is 3.65. The van der Waals surface area contributed by atoms with Crippen molar-refractivity contribution >= 4 is 17.7 Å². The maximum atomic E-state index is 12.4. The third-order valence-corrected chi connectivity index (χ3v) is 6.58. The molecule has 0 bridgehead atoms. The number of likely N-dealkylation sites (tertiary alicyclic amines) is 1. The number of carbonyl (C=O) groups is 1. The summed E-state index contributed by atoms with van der Waals surface area (Å²) in [5, 5.41) is 16.2. The van der Waals surface area contributed by atoms with Crippen LogP contribution in [0.15, 0.2) is 42.6 Å². The summed E-state index contributed by atoms with van der Waals surface area (Å²) in [6.45, 7) is 2.51. The smallest absolute Gasteiger partial charge is 0.225 e. The van der Waals surface area contributed by atoms with E-state index in [2.05, 4.69) is 51.9 Å². The van der Waals surface area contributed by atoms with E-state index in [0.29, 0.717) is 24.3 Å². The Labute approximate surface area is 183 Å². The van der Waals surface area contributed by atoms with Gasteiger partial charge in [-0.25, -0.2) is 0 Å². The average molecular weight is 413 g/mol. The van der Waals surface area contributed by atoms with E-state index in [0.717, 1.165) is 62.0 Å². The third kappa shape index (κ3) is 4.29. The highest BCUT2D eigenvalue weighted by molar-refractivity contribution is 5.81. The zero-order valence-corrected chi connectivity index (χ0v) is 17.7. The van der Waals surface area contributed by atoms with Gasteiger partial charge in [0.05, 0.1) is 12.5 Å². The standard InChI is InChI=1S/C26H28N4O/c27-10-6-18-2-1-3-20(14-18)22-15-21-7-11-28-17-24(21)25(16-22)29-23-8-12-30(13-9-23)26(31)19-4-5-19/h1-3,7,11,14-16,19,23,28-29H,4-6,8-9,12-13,17H2. The number of nitrogens with zero attached hydrogens (tertiary/aromatic N) is 2. The van der Waals surface area contributed by atoms with Gasteiger partial charge in [-0.3, -0.25) is 4.79 Å². The van der Waals surface area contributed by atoms with Gasteiger partial charge in [0.25, 0.3) is 0 Å². The molecule has 2 fully saturated rings. The molecule has 5 rings (SSSR count). The number of nitrogens with one attached hydrogen (secondary N) is 2. The molecule has 2 N–H and O–H groups in total. The van der Waals surface area contributed by atoms with Gasteiger partial charge in [-0.15, -0.1) is 0 Å². The topological polar surface area (TPSA) is 68.2 Å². The van der Waals surface area contributed by atoms with Crippen LogP contribution in [0.1, 0.15) is 42.4 Å². The molecule has 2 heterocycles. The van der Waals surface area contributed by atoms with Gasteiger partial charge < -0.3 is 15.5 Å². The fourth-order valence-electron chi connectivity index (χ4n) is 4.65. The summed E-state index contributed by atoms with van der Waals surface area (Å²) in [5.74, 6) is 0.673. The molecule has 2 aromatic rings. The highest BCUT2D eigenvalue weighted by Crippen LogP contribution is 2.34. The molecule has 5 heteroatoms. The summed E-state index contributed by atoms with van der Waals surface area (Å²) in [7, 11) is 0. The molecule has 0 unspecified atom stereocenters. The second-order valence-electron chi connectivity index (χ2n) is 8.86. The van der Waals surface area contributed by atoms with Gasteiger partial charge in [-0.1, -0.05) is 24.3 Å². The van der Waals surface area contributed by atoms with Crippen molar-refractivity contribution in [3.63, 3.8) is 0 Å². The van der Waals surface area contributed by atoms with Gasteiger partial charge in [-0.05, 0) is 72.3 Å². The van der Waals surface area contributed by atoms with Crippen LogP contribution in [0, 0.1) is 17.2 Å². The Kier molecular flexibility index (Phi) is 5.38. The Bertz CT molecular complexity index is 1060. The molecule has 1 saturated heterocycles. The van der Waals surface area contributed by atoms with E-state index in [1.54, 1.807) is 0 Å². The van der Waals surface area contributed by atoms with E-state index in [1.165, 1.54) is 16.8 Å². The monoisotopic (exact) mass is 412 g/mol. The van der Waals surface area contributed by atoms with E-state index in [-0.39, 0.29) is 0 Å². The van der Waals surface area contributed by atoms with Crippen molar-refractivity contribution in [2.45, 2.75) is 44.7 Å². The van der Waals surface area contributed by atoms with Crippen molar-refractivity contribution in [3.05, 3.63) is 59.3 Å². The van der Waals surface area contributed by atoms with Crippen molar-refractivity contribution in [1.29, 1.82) is 5.26 Å². The van der Waals surface area contributed by atoms with Crippen LogP contribution in [0.4, 0.5) is 5.69 Å². The lowest BCUT2D eigenvalue weighted by Gasteiger charge is -2.34. The van der Waals surface area contributed by atoms with Crippen molar-refractivity contribution in [1.82, 2.24) is 10.2 Å². The maximum Gasteiger partial charge on any atom is 0.225 e. The van der Waals surface area contributed by atoms with Gasteiger partial charge >= 0.3 is 0 Å². The predicted molar refractivity (Wildman–Crippen MR) is 123 cm³/mol. The summed E-state index contributed by atoms with van der Waals surface area (Å²) < 4.78 is 0. The van der Waals surface area contributed by atoms with Crippen molar-refractivity contribution in [3.8, 4) is 17.2 Å². The number of amides is 1. The Hall–Kier alpha value is -3.26. The molecule has 0 atom stereocenters. The number of nitriles is 1. The number of carbonyl (C=O) groups excluding carboxylic acids is 1. The number of fused-ring (bicyclic) bond motifs is 1. The van der Waals surface area contributed by atoms with E-state index in [1.807, 2.05) is 18.3 Å². The van der Waals surface area contributed by atoms with Gasteiger partial charge in [0.2, 0.25) is 5.91 Å². The van der Waals surface area contributed by atoms with Gasteiger partial charge in [0.15, 0.2) is 0 Å². The Balaban J connectivity index is 1.37. The van der Waals surface area contributed by atoms with E-state index in [4.69, 9.17) is 5.26 Å². The molecular weight excluding hydrogens is 384 g/mol. The molecule has 0 spiro atoms. The van der Waals surface area contributed by atoms with Crippen LogP contribution in [-0.4, -0.2) is 29.9 Å². The molecule has 31 heavy (non-hydrogen) atoms. The third-order valence-electron chi connectivity index (χ3n) is 6.58. The highest BCUT2D eigenvalue weighted by atomic mass is 16.2. The van der Waals surface area contributed by atoms with Crippen LogP contribution in [0.5, 0.6) is 0 Å². The quantitative estimate of drug-likeness (QED) is 0.768. The summed E-state index contributed by atoms with van der Waals surface area (Å²) in [6.07, 6.45) is 8.67. The maximum absolute atomic E-state index is 12.4. The zero-order chi connectivity index (χ0) is 21.2. The molecule has 1 aliphatic carbocycles. The first-order valence-electron chi connectivity index (χ1n) is 11.3. The second kappa shape index (κ2) is 8.47. The Morgan fingerprint density at radius 1 is 1.13 bits per heavy atom. The lowest BCUT2D eigenvalue weighted by Crippen LogP contribution is -2.43. The molecule has 1 amide bonds. The number of piperidine rings is 1. The lowest BCUT2D eigenvalue weighted by atomic mass is 9.94. The van der Waals surface area contributed by atoms with Gasteiger partial charge in [0.1, 0.15) is 0 Å². The normalized spacial score (nSPS) is 18.1. The molecular formula is C26H28N4O. The van der Waals surface area contributed by atoms with E-state index >= 15 is 0 Å².